The molecule has 0 aliphatic heterocycles. The Morgan fingerprint density at radius 2 is 1.88 bits per heavy atom. The van der Waals surface area contributed by atoms with E-state index >= 15 is 0 Å². The zero-order valence-corrected chi connectivity index (χ0v) is 10.9. The van der Waals surface area contributed by atoms with Gasteiger partial charge in [0, 0.05) is 0 Å². The van der Waals surface area contributed by atoms with E-state index in [9.17, 15) is 5.11 Å². The summed E-state index contributed by atoms with van der Waals surface area (Å²) in [5.41, 5.74) is 2.93. The molecular formula is C14H22O2. The third kappa shape index (κ3) is 2.69. The fourth-order valence-electron chi connectivity index (χ4n) is 1.61. The molecular weight excluding hydrogens is 200 g/mol. The average molecular weight is 222 g/mol. The normalized spacial score (nSPS) is 10.9. The lowest BCUT2D eigenvalue weighted by Crippen LogP contribution is -2.06. The molecule has 2 heteroatoms. The number of phenols is 1. The predicted octanol–water partition coefficient (Wildman–Crippen LogP) is 3.61. The van der Waals surface area contributed by atoms with Gasteiger partial charge in [-0.05, 0) is 48.9 Å². The molecule has 0 heterocycles. The summed E-state index contributed by atoms with van der Waals surface area (Å²) in [5.74, 6) is 1.83. The van der Waals surface area contributed by atoms with Crippen molar-refractivity contribution in [3.63, 3.8) is 0 Å². The van der Waals surface area contributed by atoms with Crippen LogP contribution in [0.3, 0.4) is 0 Å². The van der Waals surface area contributed by atoms with Crippen LogP contribution in [-0.4, -0.2) is 11.7 Å². The van der Waals surface area contributed by atoms with Crippen LogP contribution < -0.4 is 4.74 Å². The SMILES string of the molecule is CCc1cc(OCC(C)C)c(C)c(C)c1O. The first kappa shape index (κ1) is 12.9. The van der Waals surface area contributed by atoms with E-state index in [1.807, 2.05) is 26.8 Å². The maximum absolute atomic E-state index is 9.92. The quantitative estimate of drug-likeness (QED) is 0.843. The van der Waals surface area contributed by atoms with Crippen molar-refractivity contribution in [3.8, 4) is 11.5 Å². The minimum atomic E-state index is 0.414. The number of rotatable bonds is 4. The summed E-state index contributed by atoms with van der Waals surface area (Å²) in [5, 5.41) is 9.92. The molecule has 0 amide bonds. The van der Waals surface area contributed by atoms with Crippen molar-refractivity contribution in [1.29, 1.82) is 0 Å². The summed E-state index contributed by atoms with van der Waals surface area (Å²) in [4.78, 5) is 0. The highest BCUT2D eigenvalue weighted by Gasteiger charge is 2.11. The van der Waals surface area contributed by atoms with Gasteiger partial charge in [-0.15, -0.1) is 0 Å². The van der Waals surface area contributed by atoms with Crippen LogP contribution in [0, 0.1) is 19.8 Å². The molecule has 0 aliphatic carbocycles. The molecule has 0 atom stereocenters. The van der Waals surface area contributed by atoms with Crippen molar-refractivity contribution in [1.82, 2.24) is 0 Å². The Balaban J connectivity index is 3.04. The lowest BCUT2D eigenvalue weighted by molar-refractivity contribution is 0.268. The van der Waals surface area contributed by atoms with Gasteiger partial charge in [0.25, 0.3) is 0 Å². The second kappa shape index (κ2) is 5.24. The molecule has 2 nitrogen and oxygen atoms in total. The average Bonchev–Trinajstić information content (AvgIpc) is 2.25. The molecule has 0 bridgehead atoms. The van der Waals surface area contributed by atoms with Gasteiger partial charge in [-0.2, -0.15) is 0 Å². The van der Waals surface area contributed by atoms with E-state index in [2.05, 4.69) is 13.8 Å². The van der Waals surface area contributed by atoms with Gasteiger partial charge in [-0.3, -0.25) is 0 Å². The Bertz CT molecular complexity index is 367. The summed E-state index contributed by atoms with van der Waals surface area (Å²) in [6, 6.07) is 1.96. The number of benzene rings is 1. The van der Waals surface area contributed by atoms with E-state index in [1.54, 1.807) is 0 Å². The number of ether oxygens (including phenoxy) is 1. The van der Waals surface area contributed by atoms with E-state index in [4.69, 9.17) is 4.74 Å². The molecule has 0 saturated carbocycles. The van der Waals surface area contributed by atoms with Crippen molar-refractivity contribution in [3.05, 3.63) is 22.8 Å². The number of hydrogen-bond acceptors (Lipinski definition) is 2. The second-order valence-corrected chi connectivity index (χ2v) is 4.69. The topological polar surface area (TPSA) is 29.5 Å². The van der Waals surface area contributed by atoms with Crippen LogP contribution in [0.1, 0.15) is 37.5 Å². The lowest BCUT2D eigenvalue weighted by atomic mass is 10.0. The minimum absolute atomic E-state index is 0.414. The van der Waals surface area contributed by atoms with Gasteiger partial charge >= 0.3 is 0 Å². The van der Waals surface area contributed by atoms with Crippen LogP contribution in [0.15, 0.2) is 6.07 Å². The molecule has 1 rings (SSSR count). The molecule has 0 radical (unpaired) electrons. The molecule has 0 aliphatic rings. The smallest absolute Gasteiger partial charge is 0.123 e. The molecule has 0 aromatic heterocycles. The first-order valence-corrected chi connectivity index (χ1v) is 5.92. The van der Waals surface area contributed by atoms with Gasteiger partial charge in [0.1, 0.15) is 11.5 Å². The molecule has 0 unspecified atom stereocenters. The van der Waals surface area contributed by atoms with E-state index in [0.29, 0.717) is 18.3 Å². The Labute approximate surface area is 98.3 Å². The Morgan fingerprint density at radius 3 is 2.38 bits per heavy atom. The second-order valence-electron chi connectivity index (χ2n) is 4.69. The lowest BCUT2D eigenvalue weighted by Gasteiger charge is -2.16. The van der Waals surface area contributed by atoms with Gasteiger partial charge in [0.15, 0.2) is 0 Å². The summed E-state index contributed by atoms with van der Waals surface area (Å²) < 4.78 is 5.77. The van der Waals surface area contributed by atoms with Crippen LogP contribution in [-0.2, 0) is 6.42 Å². The number of phenolic OH excluding ortho intramolecular Hbond substituents is 1. The van der Waals surface area contributed by atoms with E-state index in [1.165, 1.54) is 0 Å². The molecule has 90 valence electrons. The zero-order valence-electron chi connectivity index (χ0n) is 10.9. The van der Waals surface area contributed by atoms with Crippen LogP contribution in [0.5, 0.6) is 11.5 Å². The molecule has 1 aromatic rings. The van der Waals surface area contributed by atoms with E-state index in [-0.39, 0.29) is 0 Å². The monoisotopic (exact) mass is 222 g/mol. The molecule has 1 aromatic carbocycles. The zero-order chi connectivity index (χ0) is 12.3. The molecule has 0 spiro atoms. The minimum Gasteiger partial charge on any atom is -0.507 e. The number of aromatic hydroxyl groups is 1. The van der Waals surface area contributed by atoms with Crippen molar-refractivity contribution in [2.24, 2.45) is 5.92 Å². The Morgan fingerprint density at radius 1 is 1.25 bits per heavy atom. The predicted molar refractivity (Wildman–Crippen MR) is 67.3 cm³/mol. The fourth-order valence-corrected chi connectivity index (χ4v) is 1.61. The standard InChI is InChI=1S/C14H22O2/c1-6-12-7-13(16-8-9(2)3)10(4)11(5)14(12)15/h7,9,15H,6,8H2,1-5H3. The van der Waals surface area contributed by atoms with Crippen molar-refractivity contribution in [2.75, 3.05) is 6.61 Å². The third-order valence-corrected chi connectivity index (χ3v) is 2.85. The van der Waals surface area contributed by atoms with E-state index in [0.717, 1.165) is 28.9 Å². The summed E-state index contributed by atoms with van der Waals surface area (Å²) in [7, 11) is 0. The summed E-state index contributed by atoms with van der Waals surface area (Å²) >= 11 is 0. The number of aryl methyl sites for hydroxylation is 1. The number of hydrogen-bond donors (Lipinski definition) is 1. The van der Waals surface area contributed by atoms with Gasteiger partial charge in [0.2, 0.25) is 0 Å². The Kier molecular flexibility index (Phi) is 4.22. The first-order valence-electron chi connectivity index (χ1n) is 5.92. The Hall–Kier alpha value is -1.18. The van der Waals surface area contributed by atoms with Gasteiger partial charge < -0.3 is 9.84 Å². The fraction of sp³-hybridized carbons (Fsp3) is 0.571. The molecule has 0 fully saturated rings. The summed E-state index contributed by atoms with van der Waals surface area (Å²) in [6.07, 6.45) is 0.824. The van der Waals surface area contributed by atoms with Crippen LogP contribution in [0.4, 0.5) is 0 Å². The van der Waals surface area contributed by atoms with Gasteiger partial charge in [0.05, 0.1) is 6.61 Å². The third-order valence-electron chi connectivity index (χ3n) is 2.85. The highest BCUT2D eigenvalue weighted by Crippen LogP contribution is 2.33. The van der Waals surface area contributed by atoms with E-state index < -0.39 is 0 Å². The highest BCUT2D eigenvalue weighted by atomic mass is 16.5. The van der Waals surface area contributed by atoms with Crippen molar-refractivity contribution >= 4 is 0 Å². The van der Waals surface area contributed by atoms with Crippen LogP contribution >= 0.6 is 0 Å². The maximum atomic E-state index is 9.92. The van der Waals surface area contributed by atoms with Crippen molar-refractivity contribution < 1.29 is 9.84 Å². The maximum Gasteiger partial charge on any atom is 0.123 e. The van der Waals surface area contributed by atoms with Gasteiger partial charge in [-0.25, -0.2) is 0 Å². The van der Waals surface area contributed by atoms with Crippen LogP contribution in [0.2, 0.25) is 0 Å². The van der Waals surface area contributed by atoms with Crippen LogP contribution in [0.25, 0.3) is 0 Å². The first-order chi connectivity index (χ1) is 7.47. The molecule has 1 N–H and O–H groups in total. The summed E-state index contributed by atoms with van der Waals surface area (Å²) in [6.45, 7) is 10.9. The highest BCUT2D eigenvalue weighted by molar-refractivity contribution is 5.51. The van der Waals surface area contributed by atoms with Gasteiger partial charge in [-0.1, -0.05) is 20.8 Å². The molecule has 16 heavy (non-hydrogen) atoms. The molecule has 0 saturated heterocycles. The van der Waals surface area contributed by atoms with Crippen molar-refractivity contribution in [2.45, 2.75) is 41.0 Å². The largest absolute Gasteiger partial charge is 0.507 e.